The molecule has 0 bridgehead atoms. The molecule has 7 heteroatoms. The van der Waals surface area contributed by atoms with Crippen LogP contribution in [0.25, 0.3) is 0 Å². The van der Waals surface area contributed by atoms with E-state index < -0.39 is 0 Å². The molecule has 0 amide bonds. The van der Waals surface area contributed by atoms with E-state index in [-0.39, 0.29) is 30.6 Å². The zero-order valence-electron chi connectivity index (χ0n) is 20.6. The van der Waals surface area contributed by atoms with Crippen molar-refractivity contribution in [2.24, 2.45) is 16.8 Å². The summed E-state index contributed by atoms with van der Waals surface area (Å²) in [5.74, 6) is 1.95. The second kappa shape index (κ2) is 16.7. The molecule has 0 spiro atoms. The highest BCUT2D eigenvalue weighted by Gasteiger charge is 2.16. The van der Waals surface area contributed by atoms with Crippen molar-refractivity contribution in [3.8, 4) is 0 Å². The Kier molecular flexibility index (Phi) is 15.2. The molecule has 3 N–H and O–H groups in total. The Morgan fingerprint density at radius 2 is 1.69 bits per heavy atom. The molecule has 0 saturated carbocycles. The van der Waals surface area contributed by atoms with E-state index in [0.29, 0.717) is 18.4 Å². The Hall–Kier alpha value is -0.900. The van der Waals surface area contributed by atoms with Crippen LogP contribution in [0.3, 0.4) is 0 Å². The lowest BCUT2D eigenvalue weighted by Gasteiger charge is -2.34. The summed E-state index contributed by atoms with van der Waals surface area (Å²) in [6.45, 7) is 18.2. The van der Waals surface area contributed by atoms with E-state index in [4.69, 9.17) is 4.99 Å². The maximum atomic E-state index is 9.38. The van der Waals surface area contributed by atoms with Crippen LogP contribution in [0.5, 0.6) is 0 Å². The predicted octanol–water partition coefficient (Wildman–Crippen LogP) is 3.54. The lowest BCUT2D eigenvalue weighted by atomic mass is 9.94. The van der Waals surface area contributed by atoms with Gasteiger partial charge in [0.25, 0.3) is 0 Å². The van der Waals surface area contributed by atoms with Gasteiger partial charge in [-0.25, -0.2) is 4.99 Å². The highest BCUT2D eigenvalue weighted by molar-refractivity contribution is 14.0. The highest BCUT2D eigenvalue weighted by Crippen LogP contribution is 2.16. The average molecular weight is 560 g/mol. The number of likely N-dealkylation sites (N-methyl/N-ethyl adjacent to an activating group) is 1. The first-order valence-electron chi connectivity index (χ1n) is 12.2. The second-order valence-electron chi connectivity index (χ2n) is 9.06. The van der Waals surface area contributed by atoms with Gasteiger partial charge in [-0.1, -0.05) is 45.0 Å². The summed E-state index contributed by atoms with van der Waals surface area (Å²) in [5.41, 5.74) is 2.68. The highest BCUT2D eigenvalue weighted by atomic mass is 127. The van der Waals surface area contributed by atoms with E-state index in [0.717, 1.165) is 71.2 Å². The van der Waals surface area contributed by atoms with Crippen molar-refractivity contribution < 1.29 is 5.11 Å². The van der Waals surface area contributed by atoms with E-state index in [9.17, 15) is 5.11 Å². The van der Waals surface area contributed by atoms with Gasteiger partial charge in [-0.05, 0) is 49.3 Å². The van der Waals surface area contributed by atoms with Crippen LogP contribution in [0.4, 0.5) is 0 Å². The summed E-state index contributed by atoms with van der Waals surface area (Å²) >= 11 is 0. The van der Waals surface area contributed by atoms with Crippen LogP contribution >= 0.6 is 24.0 Å². The number of aliphatic imine (C=N–C) groups is 1. The summed E-state index contributed by atoms with van der Waals surface area (Å²) in [7, 11) is 0. The minimum Gasteiger partial charge on any atom is -0.396 e. The number of halogens is 1. The first kappa shape index (κ1) is 29.1. The molecule has 6 nitrogen and oxygen atoms in total. The topological polar surface area (TPSA) is 63.1 Å². The number of benzene rings is 1. The minimum absolute atomic E-state index is 0. The molecule has 1 aliphatic heterocycles. The van der Waals surface area contributed by atoms with Crippen molar-refractivity contribution >= 4 is 29.9 Å². The third kappa shape index (κ3) is 10.8. The van der Waals surface area contributed by atoms with Crippen LogP contribution < -0.4 is 10.6 Å². The molecule has 1 fully saturated rings. The first-order chi connectivity index (χ1) is 15.0. The normalized spacial score (nSPS) is 16.6. The Morgan fingerprint density at radius 3 is 2.28 bits per heavy atom. The second-order valence-corrected chi connectivity index (χ2v) is 9.06. The SMILES string of the molecule is CCNC(=NCc1ccccc1CN1CCN(CC)CC1)NCC(CCO)CC(C)C.I. The van der Waals surface area contributed by atoms with E-state index in [1.54, 1.807) is 0 Å². The van der Waals surface area contributed by atoms with Crippen molar-refractivity contribution in [3.05, 3.63) is 35.4 Å². The summed E-state index contributed by atoms with van der Waals surface area (Å²) in [4.78, 5) is 9.96. The number of aliphatic hydroxyl groups excluding tert-OH is 1. The van der Waals surface area contributed by atoms with Crippen molar-refractivity contribution in [1.29, 1.82) is 0 Å². The van der Waals surface area contributed by atoms with E-state index in [1.165, 1.54) is 11.1 Å². The third-order valence-corrected chi connectivity index (χ3v) is 6.08. The van der Waals surface area contributed by atoms with Crippen LogP contribution in [-0.2, 0) is 13.1 Å². The molecule has 1 unspecified atom stereocenters. The number of guanidine groups is 1. The fourth-order valence-electron chi connectivity index (χ4n) is 4.27. The van der Waals surface area contributed by atoms with Gasteiger partial charge in [-0.3, -0.25) is 4.90 Å². The number of piperazine rings is 1. The van der Waals surface area contributed by atoms with Crippen LogP contribution in [0.2, 0.25) is 0 Å². The lowest BCUT2D eigenvalue weighted by molar-refractivity contribution is 0.131. The summed E-state index contributed by atoms with van der Waals surface area (Å²) in [6, 6.07) is 8.71. The van der Waals surface area contributed by atoms with Gasteiger partial charge in [0.2, 0.25) is 0 Å². The number of rotatable bonds is 12. The van der Waals surface area contributed by atoms with E-state index in [1.807, 2.05) is 0 Å². The van der Waals surface area contributed by atoms with Crippen molar-refractivity contribution in [2.75, 3.05) is 52.4 Å². The number of hydrogen-bond acceptors (Lipinski definition) is 4. The molecule has 2 rings (SSSR count). The number of nitrogens with zero attached hydrogens (tertiary/aromatic N) is 3. The van der Waals surface area contributed by atoms with E-state index in [2.05, 4.69) is 72.4 Å². The molecule has 0 aromatic heterocycles. The molecule has 184 valence electrons. The van der Waals surface area contributed by atoms with Gasteiger partial charge in [-0.15, -0.1) is 24.0 Å². The van der Waals surface area contributed by atoms with Crippen LogP contribution in [0.1, 0.15) is 51.7 Å². The van der Waals surface area contributed by atoms with Gasteiger partial charge < -0.3 is 20.6 Å². The fourth-order valence-corrected chi connectivity index (χ4v) is 4.27. The zero-order chi connectivity index (χ0) is 22.5. The fraction of sp³-hybridized carbons (Fsp3) is 0.720. The Labute approximate surface area is 213 Å². The van der Waals surface area contributed by atoms with E-state index >= 15 is 0 Å². The zero-order valence-corrected chi connectivity index (χ0v) is 23.0. The standard InChI is InChI=1S/C25H45N5O.HI/c1-5-26-25(27-18-22(11-16-31)17-21(3)4)28-19-23-9-7-8-10-24(23)20-30-14-12-29(6-2)13-15-30;/h7-10,21-22,31H,5-6,11-20H2,1-4H3,(H2,26,27,28);1H. The lowest BCUT2D eigenvalue weighted by Crippen LogP contribution is -2.45. The summed E-state index contributed by atoms with van der Waals surface area (Å²) in [6.07, 6.45) is 1.94. The molecular weight excluding hydrogens is 513 g/mol. The quantitative estimate of drug-likeness (QED) is 0.208. The molecular formula is C25H46IN5O. The van der Waals surface area contributed by atoms with Crippen molar-refractivity contribution in [1.82, 2.24) is 20.4 Å². The van der Waals surface area contributed by atoms with Crippen LogP contribution in [0.15, 0.2) is 29.3 Å². The molecule has 1 aromatic rings. The number of hydrogen-bond donors (Lipinski definition) is 3. The van der Waals surface area contributed by atoms with Crippen LogP contribution in [0, 0.1) is 11.8 Å². The molecule has 1 aromatic carbocycles. The smallest absolute Gasteiger partial charge is 0.191 e. The Morgan fingerprint density at radius 1 is 1.03 bits per heavy atom. The van der Waals surface area contributed by atoms with Gasteiger partial charge in [0.05, 0.1) is 6.54 Å². The molecule has 0 radical (unpaired) electrons. The number of aliphatic hydroxyl groups is 1. The molecule has 32 heavy (non-hydrogen) atoms. The molecule has 0 aliphatic carbocycles. The van der Waals surface area contributed by atoms with Crippen molar-refractivity contribution in [2.45, 2.75) is 53.6 Å². The largest absolute Gasteiger partial charge is 0.396 e. The Bertz CT molecular complexity index is 647. The minimum atomic E-state index is 0. The van der Waals surface area contributed by atoms with Gasteiger partial charge >= 0.3 is 0 Å². The third-order valence-electron chi connectivity index (χ3n) is 6.08. The molecule has 1 atom stereocenters. The van der Waals surface area contributed by atoms with Gasteiger partial charge in [-0.2, -0.15) is 0 Å². The van der Waals surface area contributed by atoms with Crippen molar-refractivity contribution in [3.63, 3.8) is 0 Å². The maximum Gasteiger partial charge on any atom is 0.191 e. The van der Waals surface area contributed by atoms with Gasteiger partial charge in [0, 0.05) is 52.4 Å². The molecule has 1 aliphatic rings. The maximum absolute atomic E-state index is 9.38. The first-order valence-corrected chi connectivity index (χ1v) is 12.2. The monoisotopic (exact) mass is 559 g/mol. The summed E-state index contributed by atoms with van der Waals surface area (Å²) < 4.78 is 0. The number of nitrogens with one attached hydrogen (secondary N) is 2. The van der Waals surface area contributed by atoms with Crippen LogP contribution in [-0.4, -0.2) is 73.3 Å². The van der Waals surface area contributed by atoms with Gasteiger partial charge in [0.1, 0.15) is 0 Å². The molecule has 1 saturated heterocycles. The van der Waals surface area contributed by atoms with Gasteiger partial charge in [0.15, 0.2) is 5.96 Å². The average Bonchev–Trinajstić information content (AvgIpc) is 2.76. The molecule has 1 heterocycles. The summed E-state index contributed by atoms with van der Waals surface area (Å²) in [5, 5.41) is 16.3. The Balaban J connectivity index is 0.00000512. The predicted molar refractivity (Wildman–Crippen MR) is 147 cm³/mol.